The molecule has 4 aromatic carbocycles. The molecule has 0 atom stereocenters. The van der Waals surface area contributed by atoms with Crippen LogP contribution in [0.15, 0.2) is 103 Å². The second kappa shape index (κ2) is 13.5. The standard InChI is InChI=1S/C33H33N5O4/c1-42-30-13-6-5-12-29(30)36-31(39)26-9-7-8-24(22-26)23-37-18-20-38(21-19-37)32(40)25-14-16-28(17-15-25)35-33(41)34-27-10-3-2-4-11-27/h2-17,22H,18-21,23H2,1H3,(H,36,39)(H2,34,35,41). The van der Waals surface area contributed by atoms with Gasteiger partial charge < -0.3 is 25.6 Å². The van der Waals surface area contributed by atoms with E-state index in [2.05, 4.69) is 20.9 Å². The molecule has 1 fully saturated rings. The number of hydrogen-bond acceptors (Lipinski definition) is 5. The molecular weight excluding hydrogens is 530 g/mol. The van der Waals surface area contributed by atoms with Gasteiger partial charge in [0, 0.05) is 55.2 Å². The van der Waals surface area contributed by atoms with Gasteiger partial charge in [-0.3, -0.25) is 14.5 Å². The molecule has 0 aliphatic carbocycles. The largest absolute Gasteiger partial charge is 0.495 e. The summed E-state index contributed by atoms with van der Waals surface area (Å²) in [6, 6.07) is 30.6. The number of amides is 4. The van der Waals surface area contributed by atoms with E-state index in [0.717, 1.165) is 18.7 Å². The molecule has 3 N–H and O–H groups in total. The Labute approximate surface area is 245 Å². The van der Waals surface area contributed by atoms with E-state index in [-0.39, 0.29) is 17.8 Å². The van der Waals surface area contributed by atoms with Crippen LogP contribution in [0.1, 0.15) is 26.3 Å². The quantitative estimate of drug-likeness (QED) is 0.261. The predicted molar refractivity (Wildman–Crippen MR) is 164 cm³/mol. The van der Waals surface area contributed by atoms with Crippen molar-refractivity contribution in [2.75, 3.05) is 49.2 Å². The number of para-hydroxylation sites is 3. The van der Waals surface area contributed by atoms with Crippen molar-refractivity contribution in [3.63, 3.8) is 0 Å². The lowest BCUT2D eigenvalue weighted by Crippen LogP contribution is -2.48. The summed E-state index contributed by atoms with van der Waals surface area (Å²) in [5, 5.41) is 8.47. The van der Waals surface area contributed by atoms with Crippen molar-refractivity contribution in [3.8, 4) is 5.75 Å². The first-order chi connectivity index (χ1) is 20.5. The summed E-state index contributed by atoms with van der Waals surface area (Å²) in [6.45, 7) is 3.34. The van der Waals surface area contributed by atoms with Gasteiger partial charge >= 0.3 is 6.03 Å². The third-order valence-electron chi connectivity index (χ3n) is 7.03. The Hall–Kier alpha value is -5.15. The molecule has 214 valence electrons. The van der Waals surface area contributed by atoms with Crippen LogP contribution in [0.4, 0.5) is 21.9 Å². The molecule has 9 nitrogen and oxygen atoms in total. The Bertz CT molecular complexity index is 1530. The number of benzene rings is 4. The van der Waals surface area contributed by atoms with Crippen molar-refractivity contribution >= 4 is 34.9 Å². The van der Waals surface area contributed by atoms with E-state index in [1.54, 1.807) is 49.6 Å². The summed E-state index contributed by atoms with van der Waals surface area (Å²) in [7, 11) is 1.57. The zero-order chi connectivity index (χ0) is 29.3. The Morgan fingerprint density at radius 1 is 0.690 bits per heavy atom. The van der Waals surface area contributed by atoms with E-state index in [9.17, 15) is 14.4 Å². The molecule has 5 rings (SSSR count). The van der Waals surface area contributed by atoms with E-state index in [1.165, 1.54) is 0 Å². The predicted octanol–water partition coefficient (Wildman–Crippen LogP) is 5.55. The van der Waals surface area contributed by atoms with Gasteiger partial charge in [0.2, 0.25) is 0 Å². The van der Waals surface area contributed by atoms with Crippen molar-refractivity contribution in [2.24, 2.45) is 0 Å². The van der Waals surface area contributed by atoms with Crippen molar-refractivity contribution in [1.29, 1.82) is 0 Å². The van der Waals surface area contributed by atoms with Crippen molar-refractivity contribution in [1.82, 2.24) is 9.80 Å². The number of nitrogens with one attached hydrogen (secondary N) is 3. The van der Waals surface area contributed by atoms with Crippen LogP contribution < -0.4 is 20.7 Å². The van der Waals surface area contributed by atoms with Gasteiger partial charge in [-0.05, 0) is 66.2 Å². The molecule has 0 aromatic heterocycles. The summed E-state index contributed by atoms with van der Waals surface area (Å²) in [4.78, 5) is 42.3. The molecule has 0 radical (unpaired) electrons. The van der Waals surface area contributed by atoms with Gasteiger partial charge in [-0.25, -0.2) is 4.79 Å². The van der Waals surface area contributed by atoms with Crippen LogP contribution in [0.5, 0.6) is 5.75 Å². The number of nitrogens with zero attached hydrogens (tertiary/aromatic N) is 2. The topological polar surface area (TPSA) is 103 Å². The summed E-state index contributed by atoms with van der Waals surface area (Å²) >= 11 is 0. The molecule has 0 saturated carbocycles. The Morgan fingerprint density at radius 2 is 1.36 bits per heavy atom. The normalized spacial score (nSPS) is 13.2. The lowest BCUT2D eigenvalue weighted by atomic mass is 10.1. The molecular formula is C33H33N5O4. The van der Waals surface area contributed by atoms with Crippen LogP contribution in [0, 0.1) is 0 Å². The highest BCUT2D eigenvalue weighted by molar-refractivity contribution is 6.05. The lowest BCUT2D eigenvalue weighted by molar-refractivity contribution is 0.0628. The molecule has 0 bridgehead atoms. The monoisotopic (exact) mass is 563 g/mol. The van der Waals surface area contributed by atoms with Gasteiger partial charge in [-0.1, -0.05) is 42.5 Å². The van der Waals surface area contributed by atoms with Gasteiger partial charge in [-0.15, -0.1) is 0 Å². The van der Waals surface area contributed by atoms with Crippen LogP contribution in [0.3, 0.4) is 0 Å². The second-order valence-electron chi connectivity index (χ2n) is 9.95. The number of rotatable bonds is 8. The first-order valence-electron chi connectivity index (χ1n) is 13.8. The smallest absolute Gasteiger partial charge is 0.323 e. The van der Waals surface area contributed by atoms with E-state index in [0.29, 0.717) is 53.6 Å². The number of urea groups is 1. The highest BCUT2D eigenvalue weighted by Gasteiger charge is 2.22. The summed E-state index contributed by atoms with van der Waals surface area (Å²) in [5.74, 6) is 0.369. The Kier molecular flexibility index (Phi) is 9.10. The Balaban J connectivity index is 1.10. The third kappa shape index (κ3) is 7.32. The maximum atomic E-state index is 13.1. The van der Waals surface area contributed by atoms with Gasteiger partial charge in [0.1, 0.15) is 5.75 Å². The molecule has 0 spiro atoms. The minimum Gasteiger partial charge on any atom is -0.495 e. The molecule has 1 aliphatic heterocycles. The van der Waals surface area contributed by atoms with E-state index in [4.69, 9.17) is 4.74 Å². The van der Waals surface area contributed by atoms with Crippen molar-refractivity contribution < 1.29 is 19.1 Å². The van der Waals surface area contributed by atoms with Crippen LogP contribution in [0.25, 0.3) is 0 Å². The van der Waals surface area contributed by atoms with Crippen LogP contribution in [0.2, 0.25) is 0 Å². The van der Waals surface area contributed by atoms with Gasteiger partial charge in [0.05, 0.1) is 12.8 Å². The highest BCUT2D eigenvalue weighted by Crippen LogP contribution is 2.24. The molecule has 9 heteroatoms. The zero-order valence-corrected chi connectivity index (χ0v) is 23.4. The lowest BCUT2D eigenvalue weighted by Gasteiger charge is -2.35. The maximum Gasteiger partial charge on any atom is 0.323 e. The fourth-order valence-electron chi connectivity index (χ4n) is 4.81. The minimum atomic E-state index is -0.348. The zero-order valence-electron chi connectivity index (χ0n) is 23.4. The average molecular weight is 564 g/mol. The number of ether oxygens (including phenoxy) is 1. The first kappa shape index (κ1) is 28.4. The molecule has 1 saturated heterocycles. The summed E-state index contributed by atoms with van der Waals surface area (Å²) < 4.78 is 5.33. The van der Waals surface area contributed by atoms with Crippen molar-refractivity contribution in [3.05, 3.63) is 120 Å². The Morgan fingerprint density at radius 3 is 2.07 bits per heavy atom. The fourth-order valence-corrected chi connectivity index (χ4v) is 4.81. The molecule has 4 aromatic rings. The number of piperazine rings is 1. The van der Waals surface area contributed by atoms with E-state index >= 15 is 0 Å². The molecule has 1 heterocycles. The first-order valence-corrected chi connectivity index (χ1v) is 13.8. The summed E-state index contributed by atoms with van der Waals surface area (Å²) in [6.07, 6.45) is 0. The number of carbonyl (C=O) groups excluding carboxylic acids is 3. The van der Waals surface area contributed by atoms with Crippen molar-refractivity contribution in [2.45, 2.75) is 6.54 Å². The van der Waals surface area contributed by atoms with Gasteiger partial charge in [-0.2, -0.15) is 0 Å². The maximum absolute atomic E-state index is 13.1. The highest BCUT2D eigenvalue weighted by atomic mass is 16.5. The number of carbonyl (C=O) groups is 3. The molecule has 42 heavy (non-hydrogen) atoms. The summed E-state index contributed by atoms with van der Waals surface area (Å²) in [5.41, 5.74) is 4.10. The van der Waals surface area contributed by atoms with Crippen LogP contribution in [-0.4, -0.2) is 60.9 Å². The third-order valence-corrected chi connectivity index (χ3v) is 7.03. The number of hydrogen-bond donors (Lipinski definition) is 3. The average Bonchev–Trinajstić information content (AvgIpc) is 3.02. The minimum absolute atomic E-state index is 0.0371. The van der Waals surface area contributed by atoms with Crippen LogP contribution >= 0.6 is 0 Å². The number of methoxy groups -OCH3 is 1. The van der Waals surface area contributed by atoms with Gasteiger partial charge in [0.25, 0.3) is 11.8 Å². The molecule has 0 unspecified atom stereocenters. The van der Waals surface area contributed by atoms with E-state index in [1.807, 2.05) is 65.6 Å². The number of anilines is 3. The second-order valence-corrected chi connectivity index (χ2v) is 9.95. The molecule has 1 aliphatic rings. The van der Waals surface area contributed by atoms with Crippen LogP contribution in [-0.2, 0) is 6.54 Å². The molecule has 4 amide bonds. The SMILES string of the molecule is COc1ccccc1NC(=O)c1cccc(CN2CCN(C(=O)c3ccc(NC(=O)Nc4ccccc4)cc3)CC2)c1. The van der Waals surface area contributed by atoms with E-state index < -0.39 is 0 Å². The van der Waals surface area contributed by atoms with Gasteiger partial charge in [0.15, 0.2) is 0 Å². The fraction of sp³-hybridized carbons (Fsp3) is 0.182.